The van der Waals surface area contributed by atoms with Gasteiger partial charge in [0.25, 0.3) is 5.91 Å². The van der Waals surface area contributed by atoms with Crippen LogP contribution < -0.4 is 10.6 Å². The van der Waals surface area contributed by atoms with Crippen molar-refractivity contribution >= 4 is 52.1 Å². The van der Waals surface area contributed by atoms with Crippen LogP contribution in [0, 0.1) is 0 Å². The van der Waals surface area contributed by atoms with Crippen LogP contribution in [0.5, 0.6) is 0 Å². The van der Waals surface area contributed by atoms with Crippen molar-refractivity contribution in [2.75, 3.05) is 25.5 Å². The highest BCUT2D eigenvalue weighted by Gasteiger charge is 2.09. The minimum atomic E-state index is -0.400. The number of methoxy groups -OCH3 is 1. The van der Waals surface area contributed by atoms with Gasteiger partial charge in [0.1, 0.15) is 0 Å². The van der Waals surface area contributed by atoms with E-state index in [-0.39, 0.29) is 5.91 Å². The smallest absolute Gasteiger partial charge is 0.337 e. The molecule has 0 aliphatic carbocycles. The van der Waals surface area contributed by atoms with Crippen LogP contribution >= 0.6 is 23.2 Å². The van der Waals surface area contributed by atoms with E-state index in [0.717, 1.165) is 11.0 Å². The van der Waals surface area contributed by atoms with Gasteiger partial charge in [-0.25, -0.2) is 9.78 Å². The molecule has 1 aromatic heterocycles. The molecule has 0 bridgehead atoms. The minimum Gasteiger partial charge on any atom is -0.465 e. The van der Waals surface area contributed by atoms with Crippen molar-refractivity contribution in [2.45, 2.75) is 6.42 Å². The number of benzene rings is 2. The predicted octanol–water partition coefficient (Wildman–Crippen LogP) is 3.89. The number of nitrogens with zero attached hydrogens (tertiary/aromatic N) is 1. The number of aromatic amines is 1. The number of fused-ring (bicyclic) bond motifs is 1. The van der Waals surface area contributed by atoms with Crippen molar-refractivity contribution < 1.29 is 14.3 Å². The lowest BCUT2D eigenvalue weighted by molar-refractivity contribution is 0.0600. The Morgan fingerprint density at radius 2 is 1.82 bits per heavy atom. The van der Waals surface area contributed by atoms with Gasteiger partial charge in [0, 0.05) is 28.7 Å². The second kappa shape index (κ2) is 8.95. The third-order valence-electron chi connectivity index (χ3n) is 3.96. The minimum absolute atomic E-state index is 0.233. The average molecular weight is 421 g/mol. The fourth-order valence-corrected chi connectivity index (χ4v) is 3.15. The van der Waals surface area contributed by atoms with E-state index < -0.39 is 5.97 Å². The Balaban J connectivity index is 1.48. The molecular weight excluding hydrogens is 403 g/mol. The first-order chi connectivity index (χ1) is 13.5. The third kappa shape index (κ3) is 4.94. The van der Waals surface area contributed by atoms with Crippen LogP contribution in [0.3, 0.4) is 0 Å². The van der Waals surface area contributed by atoms with Gasteiger partial charge < -0.3 is 20.4 Å². The van der Waals surface area contributed by atoms with E-state index in [1.54, 1.807) is 36.4 Å². The summed E-state index contributed by atoms with van der Waals surface area (Å²) in [4.78, 5) is 31.2. The molecule has 0 atom stereocenters. The number of hydrogen-bond donors (Lipinski definition) is 3. The molecule has 0 radical (unpaired) electrons. The van der Waals surface area contributed by atoms with Crippen molar-refractivity contribution in [2.24, 2.45) is 0 Å². The molecule has 0 aliphatic rings. The second-order valence-corrected chi connectivity index (χ2v) is 6.88. The summed E-state index contributed by atoms with van der Waals surface area (Å²) in [6, 6.07) is 9.81. The zero-order valence-corrected chi connectivity index (χ0v) is 16.5. The standard InChI is InChI=1S/C19H18Cl2N4O3/c1-28-18(27)11-3-4-15-16(9-11)25-19(24-15)23-6-2-5-22-17(26)12-7-13(20)10-14(21)8-12/h3-4,7-10H,2,5-6H2,1H3,(H,22,26)(H2,23,24,25). The molecule has 0 aliphatic heterocycles. The number of ether oxygens (including phenoxy) is 1. The molecular formula is C19H18Cl2N4O3. The highest BCUT2D eigenvalue weighted by atomic mass is 35.5. The summed E-state index contributed by atoms with van der Waals surface area (Å²) in [5.41, 5.74) is 2.34. The quantitative estimate of drug-likeness (QED) is 0.397. The number of hydrogen-bond acceptors (Lipinski definition) is 5. The molecule has 0 spiro atoms. The normalized spacial score (nSPS) is 10.7. The van der Waals surface area contributed by atoms with E-state index in [4.69, 9.17) is 27.9 Å². The van der Waals surface area contributed by atoms with Gasteiger partial charge in [-0.2, -0.15) is 0 Å². The number of imidazole rings is 1. The Bertz CT molecular complexity index is 999. The topological polar surface area (TPSA) is 96.1 Å². The molecule has 0 saturated heterocycles. The van der Waals surface area contributed by atoms with E-state index in [2.05, 4.69) is 20.6 Å². The maximum absolute atomic E-state index is 12.1. The van der Waals surface area contributed by atoms with E-state index in [1.807, 2.05) is 0 Å². The number of H-pyrrole nitrogens is 1. The molecule has 7 nitrogen and oxygen atoms in total. The maximum Gasteiger partial charge on any atom is 0.337 e. The number of carbonyl (C=O) groups excluding carboxylic acids is 2. The number of anilines is 1. The number of aromatic nitrogens is 2. The van der Waals surface area contributed by atoms with Gasteiger partial charge in [0.2, 0.25) is 5.95 Å². The lowest BCUT2D eigenvalue weighted by atomic mass is 10.2. The molecule has 0 saturated carbocycles. The van der Waals surface area contributed by atoms with Gasteiger partial charge in [0.15, 0.2) is 0 Å². The summed E-state index contributed by atoms with van der Waals surface area (Å²) < 4.78 is 4.71. The Morgan fingerprint density at radius 3 is 2.54 bits per heavy atom. The van der Waals surface area contributed by atoms with E-state index in [1.165, 1.54) is 7.11 Å². The summed E-state index contributed by atoms with van der Waals surface area (Å²) in [6.45, 7) is 1.07. The number of nitrogens with one attached hydrogen (secondary N) is 3. The van der Waals surface area contributed by atoms with Crippen molar-refractivity contribution in [1.29, 1.82) is 0 Å². The second-order valence-electron chi connectivity index (χ2n) is 6.00. The van der Waals surface area contributed by atoms with Gasteiger partial charge >= 0.3 is 5.97 Å². The van der Waals surface area contributed by atoms with Crippen LogP contribution in [0.4, 0.5) is 5.95 Å². The number of esters is 1. The Morgan fingerprint density at radius 1 is 1.07 bits per heavy atom. The zero-order valence-electron chi connectivity index (χ0n) is 15.0. The first kappa shape index (κ1) is 20.0. The molecule has 2 aromatic carbocycles. The monoisotopic (exact) mass is 420 g/mol. The molecule has 9 heteroatoms. The molecule has 1 heterocycles. The van der Waals surface area contributed by atoms with Crippen LogP contribution in [0.2, 0.25) is 10.0 Å². The Kier molecular flexibility index (Phi) is 6.38. The number of rotatable bonds is 7. The largest absolute Gasteiger partial charge is 0.465 e. The lowest BCUT2D eigenvalue weighted by Crippen LogP contribution is -2.25. The molecule has 3 N–H and O–H groups in total. The van der Waals surface area contributed by atoms with Crippen LogP contribution in [0.1, 0.15) is 27.1 Å². The lowest BCUT2D eigenvalue weighted by Gasteiger charge is -2.07. The van der Waals surface area contributed by atoms with Crippen molar-refractivity contribution in [3.05, 3.63) is 57.6 Å². The highest BCUT2D eigenvalue weighted by molar-refractivity contribution is 6.35. The Labute approximate surface area is 171 Å². The van der Waals surface area contributed by atoms with Crippen molar-refractivity contribution in [3.8, 4) is 0 Å². The number of halogens is 2. The average Bonchev–Trinajstić information content (AvgIpc) is 3.08. The fraction of sp³-hybridized carbons (Fsp3) is 0.211. The molecule has 146 valence electrons. The van der Waals surface area contributed by atoms with Crippen molar-refractivity contribution in [3.63, 3.8) is 0 Å². The van der Waals surface area contributed by atoms with Crippen LogP contribution in [0.25, 0.3) is 11.0 Å². The first-order valence-electron chi connectivity index (χ1n) is 8.52. The van der Waals surface area contributed by atoms with E-state index in [9.17, 15) is 9.59 Å². The molecule has 28 heavy (non-hydrogen) atoms. The zero-order chi connectivity index (χ0) is 20.1. The van der Waals surface area contributed by atoms with Crippen molar-refractivity contribution in [1.82, 2.24) is 15.3 Å². The summed E-state index contributed by atoms with van der Waals surface area (Å²) >= 11 is 11.8. The Hall–Kier alpha value is -2.77. The molecule has 0 fully saturated rings. The maximum atomic E-state index is 12.1. The van der Waals surface area contributed by atoms with Crippen LogP contribution in [-0.2, 0) is 4.74 Å². The molecule has 1 amide bonds. The van der Waals surface area contributed by atoms with Gasteiger partial charge in [-0.15, -0.1) is 0 Å². The fourth-order valence-electron chi connectivity index (χ4n) is 2.62. The molecule has 3 aromatic rings. The summed E-state index contributed by atoms with van der Waals surface area (Å²) in [7, 11) is 1.34. The number of amides is 1. The van der Waals surface area contributed by atoms with Crippen LogP contribution in [-0.4, -0.2) is 42.0 Å². The molecule has 3 rings (SSSR count). The predicted molar refractivity (Wildman–Crippen MR) is 109 cm³/mol. The van der Waals surface area contributed by atoms with Gasteiger partial charge in [-0.1, -0.05) is 23.2 Å². The SMILES string of the molecule is COC(=O)c1ccc2nc(NCCCNC(=O)c3cc(Cl)cc(Cl)c3)[nH]c2c1. The van der Waals surface area contributed by atoms with Gasteiger partial charge in [-0.05, 0) is 42.8 Å². The van der Waals surface area contributed by atoms with Gasteiger partial charge in [-0.3, -0.25) is 4.79 Å². The van der Waals surface area contributed by atoms with Crippen LogP contribution in [0.15, 0.2) is 36.4 Å². The number of carbonyl (C=O) groups is 2. The van der Waals surface area contributed by atoms with E-state index in [0.29, 0.717) is 46.6 Å². The molecule has 0 unspecified atom stereocenters. The summed E-state index contributed by atoms with van der Waals surface area (Å²) in [6.07, 6.45) is 0.685. The van der Waals surface area contributed by atoms with Gasteiger partial charge in [0.05, 0.1) is 23.7 Å². The summed E-state index contributed by atoms with van der Waals surface area (Å²) in [5.74, 6) is -0.0452. The third-order valence-corrected chi connectivity index (χ3v) is 4.40. The highest BCUT2D eigenvalue weighted by Crippen LogP contribution is 2.19. The first-order valence-corrected chi connectivity index (χ1v) is 9.28. The van der Waals surface area contributed by atoms with E-state index >= 15 is 0 Å². The summed E-state index contributed by atoms with van der Waals surface area (Å²) in [5, 5.41) is 6.80.